The molecule has 3 heterocycles. The van der Waals surface area contributed by atoms with Crippen molar-refractivity contribution in [3.63, 3.8) is 0 Å². The number of nitrogens with two attached hydrogens (primary N) is 1. The Hall–Kier alpha value is -3.89. The minimum atomic E-state index is -0.600. The van der Waals surface area contributed by atoms with Gasteiger partial charge in [0.25, 0.3) is 0 Å². The first-order valence-electron chi connectivity index (χ1n) is 15.7. The summed E-state index contributed by atoms with van der Waals surface area (Å²) in [6, 6.07) is 10.0. The SMILES string of the molecule is Cc1cc(CO)cc(C(C)C)c1N1CN=C(N2C[C@@H](C)N(C(=O)OC(C)(C)C)C[C@@H]2C)c2cc(Cl)c(-c3c(N)cccc3F)nc21. The first-order chi connectivity index (χ1) is 21.6. The molecule has 3 aromatic rings. The standard InChI is InChI=1S/C35H44ClFN6O3/c1-19(2)24-13-23(17-44)12-20(3)31(24)43-18-39-32(41-15-22(5)42(16-21(41)4)34(45)46-35(6,7)8)25-14-26(36)30(40-33(25)43)29-27(37)10-9-11-28(29)38/h9-14,19,21-22,44H,15-18,38H2,1-8H3/t21-,22+/m0/s1. The van der Waals surface area contributed by atoms with Gasteiger partial charge in [-0.3, -0.25) is 0 Å². The van der Waals surface area contributed by atoms with Crippen LogP contribution in [-0.2, 0) is 11.3 Å². The van der Waals surface area contributed by atoms with Gasteiger partial charge in [0.2, 0.25) is 0 Å². The molecule has 0 bridgehead atoms. The van der Waals surface area contributed by atoms with Gasteiger partial charge in [-0.25, -0.2) is 19.2 Å². The number of amidine groups is 1. The Kier molecular flexibility index (Phi) is 9.26. The highest BCUT2D eigenvalue weighted by Crippen LogP contribution is 2.43. The quantitative estimate of drug-likeness (QED) is 0.287. The monoisotopic (exact) mass is 650 g/mol. The maximum absolute atomic E-state index is 15.3. The lowest BCUT2D eigenvalue weighted by molar-refractivity contribution is 0.000461. The molecular formula is C35H44ClFN6O3. The number of aliphatic imine (C=N–C) groups is 1. The predicted octanol–water partition coefficient (Wildman–Crippen LogP) is 7.23. The van der Waals surface area contributed by atoms with Crippen LogP contribution in [0.15, 0.2) is 41.4 Å². The van der Waals surface area contributed by atoms with Gasteiger partial charge in [-0.2, -0.15) is 0 Å². The Morgan fingerprint density at radius 3 is 2.52 bits per heavy atom. The fraction of sp³-hybridized carbons (Fsp3) is 0.457. The van der Waals surface area contributed by atoms with E-state index in [2.05, 4.69) is 25.7 Å². The van der Waals surface area contributed by atoms with Crippen molar-refractivity contribution in [1.29, 1.82) is 0 Å². The van der Waals surface area contributed by atoms with Crippen molar-refractivity contribution in [1.82, 2.24) is 14.8 Å². The molecule has 1 saturated heterocycles. The molecule has 46 heavy (non-hydrogen) atoms. The minimum absolute atomic E-state index is 0.0738. The number of carbonyl (C=O) groups is 1. The zero-order valence-electron chi connectivity index (χ0n) is 27.9. The van der Waals surface area contributed by atoms with E-state index in [1.54, 1.807) is 23.1 Å². The molecule has 5 rings (SSSR count). The van der Waals surface area contributed by atoms with Gasteiger partial charge < -0.3 is 30.3 Å². The highest BCUT2D eigenvalue weighted by Gasteiger charge is 2.39. The summed E-state index contributed by atoms with van der Waals surface area (Å²) in [5.41, 5.74) is 10.7. The number of anilines is 3. The van der Waals surface area contributed by atoms with Crippen LogP contribution in [0.25, 0.3) is 11.3 Å². The van der Waals surface area contributed by atoms with E-state index in [0.29, 0.717) is 30.3 Å². The van der Waals surface area contributed by atoms with Gasteiger partial charge in [-0.05, 0) is 82.3 Å². The molecule has 2 atom stereocenters. The maximum Gasteiger partial charge on any atom is 0.410 e. The summed E-state index contributed by atoms with van der Waals surface area (Å²) in [6.45, 7) is 17.0. The number of aliphatic hydroxyl groups is 1. The van der Waals surface area contributed by atoms with Gasteiger partial charge in [0.15, 0.2) is 0 Å². The smallest absolute Gasteiger partial charge is 0.410 e. The van der Waals surface area contributed by atoms with Crippen LogP contribution in [0, 0.1) is 12.7 Å². The van der Waals surface area contributed by atoms with E-state index in [1.165, 1.54) is 6.07 Å². The van der Waals surface area contributed by atoms with Crippen molar-refractivity contribution >= 4 is 40.7 Å². The molecule has 0 saturated carbocycles. The number of benzene rings is 2. The van der Waals surface area contributed by atoms with E-state index in [0.717, 1.165) is 22.4 Å². The van der Waals surface area contributed by atoms with Crippen LogP contribution < -0.4 is 10.6 Å². The number of piperazine rings is 1. The van der Waals surface area contributed by atoms with E-state index in [-0.39, 0.29) is 59.3 Å². The maximum atomic E-state index is 15.3. The Labute approximate surface area is 275 Å². The van der Waals surface area contributed by atoms with Crippen molar-refractivity contribution in [3.05, 3.63) is 69.5 Å². The van der Waals surface area contributed by atoms with Crippen molar-refractivity contribution in [2.45, 2.75) is 85.6 Å². The molecule has 0 unspecified atom stereocenters. The third kappa shape index (κ3) is 6.37. The van der Waals surface area contributed by atoms with Gasteiger partial charge in [-0.15, -0.1) is 0 Å². The number of hydrogen-bond acceptors (Lipinski definition) is 8. The van der Waals surface area contributed by atoms with E-state index in [4.69, 9.17) is 32.0 Å². The molecular weight excluding hydrogens is 607 g/mol. The third-order valence-corrected chi connectivity index (χ3v) is 8.74. The molecule has 11 heteroatoms. The molecule has 0 spiro atoms. The van der Waals surface area contributed by atoms with Crippen LogP contribution in [0.5, 0.6) is 0 Å². The fourth-order valence-electron chi connectivity index (χ4n) is 6.31. The number of hydrogen-bond donors (Lipinski definition) is 2. The number of nitrogen functional groups attached to an aromatic ring is 1. The molecule has 1 aromatic heterocycles. The lowest BCUT2D eigenvalue weighted by Gasteiger charge is -2.46. The molecule has 2 aliphatic rings. The molecule has 0 aliphatic carbocycles. The Bertz CT molecular complexity index is 1670. The van der Waals surface area contributed by atoms with Gasteiger partial charge in [0.1, 0.15) is 29.7 Å². The van der Waals surface area contributed by atoms with E-state index < -0.39 is 11.4 Å². The molecule has 2 aromatic carbocycles. The average molecular weight is 651 g/mol. The molecule has 246 valence electrons. The van der Waals surface area contributed by atoms with E-state index >= 15 is 4.39 Å². The van der Waals surface area contributed by atoms with Crippen molar-refractivity contribution in [2.24, 2.45) is 4.99 Å². The Balaban J connectivity index is 1.65. The minimum Gasteiger partial charge on any atom is -0.444 e. The zero-order chi connectivity index (χ0) is 33.7. The third-order valence-electron chi connectivity index (χ3n) is 8.45. The first-order valence-corrected chi connectivity index (χ1v) is 16.1. The lowest BCUT2D eigenvalue weighted by atomic mass is 9.94. The molecule has 3 N–H and O–H groups in total. The predicted molar refractivity (Wildman–Crippen MR) is 182 cm³/mol. The molecule has 9 nitrogen and oxygen atoms in total. The molecule has 1 amide bonds. The number of carbonyl (C=O) groups excluding carboxylic acids is 1. The number of aryl methyl sites for hydroxylation is 1. The normalized spacial score (nSPS) is 18.5. The summed E-state index contributed by atoms with van der Waals surface area (Å²) in [4.78, 5) is 29.2. The lowest BCUT2D eigenvalue weighted by Crippen LogP contribution is -2.60. The second-order valence-corrected chi connectivity index (χ2v) is 14.0. The number of amides is 1. The fourth-order valence-corrected chi connectivity index (χ4v) is 6.55. The Morgan fingerprint density at radius 2 is 1.89 bits per heavy atom. The summed E-state index contributed by atoms with van der Waals surface area (Å²) < 4.78 is 21.0. The highest BCUT2D eigenvalue weighted by molar-refractivity contribution is 6.34. The van der Waals surface area contributed by atoms with Gasteiger partial charge >= 0.3 is 6.09 Å². The summed E-state index contributed by atoms with van der Waals surface area (Å²) in [5, 5.41) is 10.2. The van der Waals surface area contributed by atoms with Crippen LogP contribution in [0.4, 0.5) is 26.4 Å². The van der Waals surface area contributed by atoms with Crippen LogP contribution in [0.3, 0.4) is 0 Å². The van der Waals surface area contributed by atoms with Crippen molar-refractivity contribution in [3.8, 4) is 11.3 Å². The molecule has 0 radical (unpaired) electrons. The summed E-state index contributed by atoms with van der Waals surface area (Å²) in [7, 11) is 0. The first kappa shape index (κ1) is 33.5. The van der Waals surface area contributed by atoms with Crippen molar-refractivity contribution < 1.29 is 19.0 Å². The zero-order valence-corrected chi connectivity index (χ0v) is 28.6. The summed E-state index contributed by atoms with van der Waals surface area (Å²) in [6.07, 6.45) is -0.344. The average Bonchev–Trinajstić information content (AvgIpc) is 2.96. The number of halogens is 2. The van der Waals surface area contributed by atoms with Gasteiger partial charge in [0.05, 0.1) is 34.1 Å². The number of aliphatic hydroxyl groups excluding tert-OH is 1. The number of pyridine rings is 1. The van der Waals surface area contributed by atoms with Gasteiger partial charge in [-0.1, -0.05) is 43.6 Å². The largest absolute Gasteiger partial charge is 0.444 e. The summed E-state index contributed by atoms with van der Waals surface area (Å²) >= 11 is 6.91. The second-order valence-electron chi connectivity index (χ2n) is 13.6. The number of nitrogens with zero attached hydrogens (tertiary/aromatic N) is 5. The van der Waals surface area contributed by atoms with Crippen LogP contribution in [-0.4, -0.2) is 69.3 Å². The van der Waals surface area contributed by atoms with E-state index in [9.17, 15) is 9.90 Å². The highest BCUT2D eigenvalue weighted by atomic mass is 35.5. The van der Waals surface area contributed by atoms with Crippen LogP contribution in [0.2, 0.25) is 5.02 Å². The van der Waals surface area contributed by atoms with E-state index in [1.807, 2.05) is 51.7 Å². The van der Waals surface area contributed by atoms with Gasteiger partial charge in [0, 0.05) is 30.9 Å². The number of aromatic nitrogens is 1. The number of ether oxygens (including phenoxy) is 1. The molecule has 1 fully saturated rings. The molecule has 2 aliphatic heterocycles. The van der Waals surface area contributed by atoms with Crippen LogP contribution >= 0.6 is 11.6 Å². The Morgan fingerprint density at radius 1 is 1.17 bits per heavy atom. The number of fused-ring (bicyclic) bond motifs is 1. The topological polar surface area (TPSA) is 108 Å². The summed E-state index contributed by atoms with van der Waals surface area (Å²) in [5.74, 6) is 0.887. The second kappa shape index (κ2) is 12.7. The van der Waals surface area contributed by atoms with Crippen LogP contribution in [0.1, 0.15) is 76.6 Å². The number of rotatable bonds is 4. The van der Waals surface area contributed by atoms with Crippen molar-refractivity contribution in [2.75, 3.05) is 30.4 Å².